The molecule has 0 spiro atoms. The van der Waals surface area contributed by atoms with E-state index in [0.717, 1.165) is 6.26 Å². The Hall–Kier alpha value is -2.10. The Morgan fingerprint density at radius 1 is 1.31 bits per heavy atom. The number of hydrogen-bond donors (Lipinski definition) is 1. The van der Waals surface area contributed by atoms with Crippen molar-refractivity contribution in [2.75, 3.05) is 12.8 Å². The zero-order chi connectivity index (χ0) is 19.1. The average molecular weight is 418 g/mol. The summed E-state index contributed by atoms with van der Waals surface area (Å²) in [6.45, 7) is 0.180. The summed E-state index contributed by atoms with van der Waals surface area (Å²) in [4.78, 5) is 20.5. The van der Waals surface area contributed by atoms with Gasteiger partial charge in [0.15, 0.2) is 0 Å². The highest BCUT2D eigenvalue weighted by Crippen LogP contribution is 2.35. The van der Waals surface area contributed by atoms with Gasteiger partial charge in [-0.15, -0.1) is 0 Å². The van der Waals surface area contributed by atoms with Gasteiger partial charge in [-0.1, -0.05) is 23.2 Å². The first kappa shape index (κ1) is 18.7. The van der Waals surface area contributed by atoms with Crippen LogP contribution in [-0.2, 0) is 22.8 Å². The number of benzene rings is 1. The molecular weight excluding hydrogens is 405 g/mol. The first-order valence-electron chi connectivity index (χ1n) is 7.36. The van der Waals surface area contributed by atoms with Crippen LogP contribution in [0.5, 0.6) is 11.6 Å². The molecule has 0 bridgehead atoms. The topological polar surface area (TPSA) is 110 Å². The number of amides is 1. The van der Waals surface area contributed by atoms with Crippen molar-refractivity contribution in [2.45, 2.75) is 18.1 Å². The predicted octanol–water partition coefficient (Wildman–Crippen LogP) is 3.02. The van der Waals surface area contributed by atoms with Gasteiger partial charge in [-0.2, -0.15) is 4.98 Å². The number of carboxylic acid groups (broad SMARTS) is 1. The zero-order valence-electron chi connectivity index (χ0n) is 13.4. The van der Waals surface area contributed by atoms with Crippen LogP contribution in [0.25, 0.3) is 0 Å². The standard InChI is InChI=1S/C15H13Cl2N3O5S/c1-26(23,24)14-18-11-4-5-20(15(21)22)7-9(11)13(19-14)25-12-3-2-8(16)6-10(12)17/h2-3,6H,4-5,7H2,1H3,(H,21,22). The Balaban J connectivity index is 2.10. The lowest BCUT2D eigenvalue weighted by Gasteiger charge is -2.27. The summed E-state index contributed by atoms with van der Waals surface area (Å²) in [6, 6.07) is 4.53. The Morgan fingerprint density at radius 3 is 2.65 bits per heavy atom. The van der Waals surface area contributed by atoms with Crippen molar-refractivity contribution in [3.05, 3.63) is 39.5 Å². The second kappa shape index (κ2) is 6.90. The fraction of sp³-hybridized carbons (Fsp3) is 0.267. The molecule has 0 aliphatic carbocycles. The Labute approximate surface area is 159 Å². The lowest BCUT2D eigenvalue weighted by Crippen LogP contribution is -2.35. The third-order valence-corrected chi connectivity index (χ3v) is 5.08. The lowest BCUT2D eigenvalue weighted by molar-refractivity contribution is 0.138. The molecule has 8 nitrogen and oxygen atoms in total. The number of fused-ring (bicyclic) bond motifs is 1. The Bertz CT molecular complexity index is 997. The number of carbonyl (C=O) groups is 1. The van der Waals surface area contributed by atoms with Crippen LogP contribution in [0.1, 0.15) is 11.3 Å². The molecule has 1 aromatic heterocycles. The van der Waals surface area contributed by atoms with Crippen LogP contribution >= 0.6 is 23.2 Å². The molecule has 0 saturated carbocycles. The van der Waals surface area contributed by atoms with Crippen molar-refractivity contribution in [3.8, 4) is 11.6 Å². The van der Waals surface area contributed by atoms with E-state index in [1.165, 1.54) is 17.0 Å². The maximum absolute atomic E-state index is 11.9. The molecule has 1 N–H and O–H groups in total. The molecule has 0 fully saturated rings. The van der Waals surface area contributed by atoms with Gasteiger partial charge in [0.1, 0.15) is 5.75 Å². The molecule has 0 radical (unpaired) electrons. The van der Waals surface area contributed by atoms with Crippen LogP contribution in [0.2, 0.25) is 10.0 Å². The summed E-state index contributed by atoms with van der Waals surface area (Å²) >= 11 is 12.0. The highest BCUT2D eigenvalue weighted by atomic mass is 35.5. The average Bonchev–Trinajstić information content (AvgIpc) is 2.55. The minimum absolute atomic E-state index is 0.0186. The predicted molar refractivity (Wildman–Crippen MR) is 93.8 cm³/mol. The minimum atomic E-state index is -3.68. The summed E-state index contributed by atoms with van der Waals surface area (Å²) in [5.74, 6) is 0.162. The zero-order valence-corrected chi connectivity index (χ0v) is 15.8. The highest BCUT2D eigenvalue weighted by Gasteiger charge is 2.28. The number of rotatable bonds is 3. The summed E-state index contributed by atoms with van der Waals surface area (Å²) in [6.07, 6.45) is 0.135. The summed E-state index contributed by atoms with van der Waals surface area (Å²) < 4.78 is 29.5. The Morgan fingerprint density at radius 2 is 2.04 bits per heavy atom. The third-order valence-electron chi connectivity index (χ3n) is 3.70. The molecule has 2 aromatic rings. The number of nitrogens with zero attached hydrogens (tertiary/aromatic N) is 3. The normalized spacial score (nSPS) is 14.0. The van der Waals surface area contributed by atoms with Crippen LogP contribution < -0.4 is 4.74 Å². The number of sulfone groups is 1. The molecule has 0 atom stereocenters. The van der Waals surface area contributed by atoms with Gasteiger partial charge in [-0.3, -0.25) is 0 Å². The van der Waals surface area contributed by atoms with Crippen molar-refractivity contribution in [2.24, 2.45) is 0 Å². The van der Waals surface area contributed by atoms with E-state index in [1.807, 2.05) is 0 Å². The fourth-order valence-corrected chi connectivity index (χ4v) is 3.41. The van der Waals surface area contributed by atoms with Gasteiger partial charge in [-0.05, 0) is 18.2 Å². The van der Waals surface area contributed by atoms with E-state index < -0.39 is 15.9 Å². The van der Waals surface area contributed by atoms with E-state index >= 15 is 0 Å². The number of hydrogen-bond acceptors (Lipinski definition) is 6. The van der Waals surface area contributed by atoms with Gasteiger partial charge in [0.05, 0.1) is 22.8 Å². The summed E-state index contributed by atoms with van der Waals surface area (Å²) in [7, 11) is -3.68. The van der Waals surface area contributed by atoms with E-state index in [9.17, 15) is 18.3 Å². The van der Waals surface area contributed by atoms with E-state index in [1.54, 1.807) is 6.07 Å². The van der Waals surface area contributed by atoms with Gasteiger partial charge >= 0.3 is 6.09 Å². The van der Waals surface area contributed by atoms with E-state index in [4.69, 9.17) is 27.9 Å². The van der Waals surface area contributed by atoms with Gasteiger partial charge in [0.2, 0.25) is 20.9 Å². The molecule has 1 amide bonds. The molecular formula is C15H13Cl2N3O5S. The van der Waals surface area contributed by atoms with Gasteiger partial charge < -0.3 is 14.7 Å². The van der Waals surface area contributed by atoms with Gasteiger partial charge in [-0.25, -0.2) is 18.2 Å². The number of ether oxygens (including phenoxy) is 1. The van der Waals surface area contributed by atoms with Crippen LogP contribution in [0, 0.1) is 0 Å². The maximum Gasteiger partial charge on any atom is 0.407 e. The molecule has 1 aromatic carbocycles. The largest absolute Gasteiger partial charge is 0.465 e. The van der Waals surface area contributed by atoms with Crippen LogP contribution in [0.3, 0.4) is 0 Å². The van der Waals surface area contributed by atoms with Crippen molar-refractivity contribution < 1.29 is 23.1 Å². The Kier molecular flexibility index (Phi) is 4.96. The van der Waals surface area contributed by atoms with E-state index in [0.29, 0.717) is 16.3 Å². The second-order valence-electron chi connectivity index (χ2n) is 5.64. The molecule has 138 valence electrons. The van der Waals surface area contributed by atoms with Crippen molar-refractivity contribution in [1.29, 1.82) is 0 Å². The highest BCUT2D eigenvalue weighted by molar-refractivity contribution is 7.90. The van der Waals surface area contributed by atoms with Gasteiger partial charge in [0, 0.05) is 24.2 Å². The van der Waals surface area contributed by atoms with E-state index in [-0.39, 0.29) is 41.3 Å². The summed E-state index contributed by atoms with van der Waals surface area (Å²) in [5, 5.41) is 9.44. The molecule has 0 unspecified atom stereocenters. The number of aromatic nitrogens is 2. The van der Waals surface area contributed by atoms with Crippen LogP contribution in [-0.4, -0.2) is 47.3 Å². The molecule has 26 heavy (non-hydrogen) atoms. The third kappa shape index (κ3) is 3.84. The first-order chi connectivity index (χ1) is 12.1. The van der Waals surface area contributed by atoms with Crippen LogP contribution in [0.15, 0.2) is 23.4 Å². The SMILES string of the molecule is CS(=O)(=O)c1nc2c(c(Oc3ccc(Cl)cc3Cl)n1)CN(C(=O)O)CC2. The maximum atomic E-state index is 11.9. The van der Waals surface area contributed by atoms with Crippen molar-refractivity contribution >= 4 is 39.1 Å². The smallest absolute Gasteiger partial charge is 0.407 e. The van der Waals surface area contributed by atoms with Crippen LogP contribution in [0.4, 0.5) is 4.79 Å². The van der Waals surface area contributed by atoms with E-state index in [2.05, 4.69) is 9.97 Å². The summed E-state index contributed by atoms with van der Waals surface area (Å²) in [5.41, 5.74) is 0.829. The molecule has 0 saturated heterocycles. The minimum Gasteiger partial charge on any atom is -0.465 e. The lowest BCUT2D eigenvalue weighted by atomic mass is 10.1. The number of halogens is 2. The van der Waals surface area contributed by atoms with Crippen molar-refractivity contribution in [1.82, 2.24) is 14.9 Å². The molecule has 2 heterocycles. The molecule has 1 aliphatic heterocycles. The monoisotopic (exact) mass is 417 g/mol. The van der Waals surface area contributed by atoms with Crippen molar-refractivity contribution in [3.63, 3.8) is 0 Å². The first-order valence-corrected chi connectivity index (χ1v) is 10.0. The van der Waals surface area contributed by atoms with Gasteiger partial charge in [0.25, 0.3) is 0 Å². The fourth-order valence-electron chi connectivity index (χ4n) is 2.44. The molecule has 3 rings (SSSR count). The quantitative estimate of drug-likeness (QED) is 0.763. The second-order valence-corrected chi connectivity index (χ2v) is 8.39. The molecule has 11 heteroatoms. The molecule has 1 aliphatic rings.